The molecule has 1 amide bonds. The highest BCUT2D eigenvalue weighted by molar-refractivity contribution is 7.17. The van der Waals surface area contributed by atoms with Gasteiger partial charge in [-0.05, 0) is 31.5 Å². The molecule has 2 aromatic carbocycles. The van der Waals surface area contributed by atoms with Crippen molar-refractivity contribution in [1.29, 1.82) is 0 Å². The maximum absolute atomic E-state index is 12.7. The summed E-state index contributed by atoms with van der Waals surface area (Å²) in [6.07, 6.45) is 1.17. The minimum Gasteiger partial charge on any atom is -0.491 e. The van der Waals surface area contributed by atoms with E-state index in [-0.39, 0.29) is 16.1 Å². The Balaban J connectivity index is 1.79. The van der Waals surface area contributed by atoms with Gasteiger partial charge < -0.3 is 15.2 Å². The number of thiazole rings is 1. The monoisotopic (exact) mass is 411 g/mol. The molecule has 0 saturated heterocycles. The van der Waals surface area contributed by atoms with Crippen molar-refractivity contribution < 1.29 is 19.4 Å². The second-order valence-corrected chi connectivity index (χ2v) is 7.57. The lowest BCUT2D eigenvalue weighted by molar-refractivity contribution is 0.0701. The summed E-state index contributed by atoms with van der Waals surface area (Å²) in [6.45, 7) is 4.42. The number of anilines is 2. The van der Waals surface area contributed by atoms with E-state index in [0.29, 0.717) is 17.9 Å². The molecule has 0 aliphatic carbocycles. The third-order valence-corrected chi connectivity index (χ3v) is 4.72. The molecule has 3 aromatic rings. The van der Waals surface area contributed by atoms with Crippen molar-refractivity contribution in [2.75, 3.05) is 10.6 Å². The molecule has 3 N–H and O–H groups in total. The molecule has 0 aliphatic rings. The summed E-state index contributed by atoms with van der Waals surface area (Å²) in [5.74, 6) is -0.912. The molecule has 7 nitrogen and oxygen atoms in total. The summed E-state index contributed by atoms with van der Waals surface area (Å²) < 4.78 is 5.77. The van der Waals surface area contributed by atoms with Crippen LogP contribution in [-0.2, 0) is 6.54 Å². The van der Waals surface area contributed by atoms with Crippen LogP contribution in [0, 0.1) is 0 Å². The molecule has 29 heavy (non-hydrogen) atoms. The molecular formula is C21H21N3O4S. The summed E-state index contributed by atoms with van der Waals surface area (Å²) in [4.78, 5) is 27.7. The molecule has 1 aromatic heterocycles. The molecule has 0 saturated carbocycles. The number of nitrogens with zero attached hydrogens (tertiary/aromatic N) is 1. The van der Waals surface area contributed by atoms with E-state index in [9.17, 15) is 9.59 Å². The lowest BCUT2D eigenvalue weighted by Crippen LogP contribution is -2.13. The number of rotatable bonds is 8. The normalized spacial score (nSPS) is 10.6. The number of benzene rings is 2. The van der Waals surface area contributed by atoms with E-state index in [0.717, 1.165) is 22.6 Å². The fraction of sp³-hybridized carbons (Fsp3) is 0.190. The van der Waals surface area contributed by atoms with Crippen LogP contribution in [0.25, 0.3) is 0 Å². The molecule has 0 aliphatic heterocycles. The number of ether oxygens (including phenoxy) is 1. The lowest BCUT2D eigenvalue weighted by Gasteiger charge is -2.14. The standard InChI is InChI=1S/C21H21N3O4S/c1-13(2)28-17-9-15(19(25)24-21-23-12-18(29-21)20(26)27)8-16(10-17)22-11-14-6-4-3-5-7-14/h3-10,12-13,22H,11H2,1-2H3,(H,26,27)(H,23,24,25). The van der Waals surface area contributed by atoms with Crippen molar-refractivity contribution in [3.8, 4) is 5.75 Å². The first kappa shape index (κ1) is 20.3. The molecule has 0 radical (unpaired) electrons. The highest BCUT2D eigenvalue weighted by Gasteiger charge is 2.14. The summed E-state index contributed by atoms with van der Waals surface area (Å²) in [5.41, 5.74) is 2.23. The predicted octanol–water partition coefficient (Wildman–Crippen LogP) is 4.49. The van der Waals surface area contributed by atoms with Crippen LogP contribution < -0.4 is 15.4 Å². The molecule has 150 valence electrons. The highest BCUT2D eigenvalue weighted by Crippen LogP contribution is 2.25. The fourth-order valence-electron chi connectivity index (χ4n) is 2.57. The number of carbonyl (C=O) groups excluding carboxylic acids is 1. The van der Waals surface area contributed by atoms with Gasteiger partial charge in [-0.3, -0.25) is 10.1 Å². The summed E-state index contributed by atoms with van der Waals surface area (Å²) in [6, 6.07) is 15.1. The number of nitrogens with one attached hydrogen (secondary N) is 2. The molecule has 8 heteroatoms. The number of hydrogen-bond donors (Lipinski definition) is 3. The third-order valence-electron chi connectivity index (χ3n) is 3.82. The maximum atomic E-state index is 12.7. The van der Waals surface area contributed by atoms with E-state index in [2.05, 4.69) is 15.6 Å². The van der Waals surface area contributed by atoms with Crippen molar-refractivity contribution in [1.82, 2.24) is 4.98 Å². The Kier molecular flexibility index (Phi) is 6.46. The Morgan fingerprint density at radius 3 is 2.59 bits per heavy atom. The van der Waals surface area contributed by atoms with E-state index >= 15 is 0 Å². The minimum absolute atomic E-state index is 0.0487. The first-order valence-electron chi connectivity index (χ1n) is 9.00. The van der Waals surface area contributed by atoms with E-state index in [1.165, 1.54) is 6.20 Å². The van der Waals surface area contributed by atoms with Crippen LogP contribution in [0.4, 0.5) is 10.8 Å². The summed E-state index contributed by atoms with van der Waals surface area (Å²) in [5, 5.41) is 15.2. The molecule has 0 spiro atoms. The minimum atomic E-state index is -1.08. The second-order valence-electron chi connectivity index (χ2n) is 6.54. The van der Waals surface area contributed by atoms with Crippen molar-refractivity contribution in [3.05, 3.63) is 70.7 Å². The number of aromatic carboxylic acids is 1. The number of hydrogen-bond acceptors (Lipinski definition) is 6. The lowest BCUT2D eigenvalue weighted by atomic mass is 10.1. The molecule has 0 unspecified atom stereocenters. The van der Waals surface area contributed by atoms with Gasteiger partial charge in [-0.2, -0.15) is 0 Å². The van der Waals surface area contributed by atoms with Gasteiger partial charge in [0.2, 0.25) is 0 Å². The molecule has 0 bridgehead atoms. The first-order valence-corrected chi connectivity index (χ1v) is 9.82. The molecule has 1 heterocycles. The van der Waals surface area contributed by atoms with E-state index in [1.54, 1.807) is 12.1 Å². The van der Waals surface area contributed by atoms with Crippen molar-refractivity contribution in [2.45, 2.75) is 26.5 Å². The van der Waals surface area contributed by atoms with Gasteiger partial charge in [0.25, 0.3) is 5.91 Å². The average Bonchev–Trinajstić information content (AvgIpc) is 3.15. The van der Waals surface area contributed by atoms with E-state index in [4.69, 9.17) is 9.84 Å². The molecule has 0 atom stereocenters. The maximum Gasteiger partial charge on any atom is 0.347 e. The summed E-state index contributed by atoms with van der Waals surface area (Å²) >= 11 is 0.901. The van der Waals surface area contributed by atoms with Gasteiger partial charge in [0.15, 0.2) is 5.13 Å². The van der Waals surface area contributed by atoms with Crippen LogP contribution in [0.15, 0.2) is 54.7 Å². The Hall–Kier alpha value is -3.39. The number of carboxylic acid groups (broad SMARTS) is 1. The zero-order valence-corrected chi connectivity index (χ0v) is 16.8. The van der Waals surface area contributed by atoms with Gasteiger partial charge >= 0.3 is 5.97 Å². The van der Waals surface area contributed by atoms with Gasteiger partial charge in [-0.25, -0.2) is 9.78 Å². The Bertz CT molecular complexity index is 1000. The number of amides is 1. The SMILES string of the molecule is CC(C)Oc1cc(NCc2ccccc2)cc(C(=O)Nc2ncc(C(=O)O)s2)c1. The van der Waals surface area contributed by atoms with Crippen molar-refractivity contribution >= 4 is 34.0 Å². The molecule has 0 fully saturated rings. The topological polar surface area (TPSA) is 101 Å². The number of carboxylic acids is 1. The van der Waals surface area contributed by atoms with Crippen LogP contribution in [-0.4, -0.2) is 28.1 Å². The van der Waals surface area contributed by atoms with E-state index < -0.39 is 11.9 Å². The smallest absolute Gasteiger partial charge is 0.347 e. The molecule has 3 rings (SSSR count). The van der Waals surface area contributed by atoms with Crippen LogP contribution >= 0.6 is 11.3 Å². The largest absolute Gasteiger partial charge is 0.491 e. The molecular weight excluding hydrogens is 390 g/mol. The quantitative estimate of drug-likeness (QED) is 0.505. The van der Waals surface area contributed by atoms with Crippen LogP contribution in [0.3, 0.4) is 0 Å². The third kappa shape index (κ3) is 5.79. The van der Waals surface area contributed by atoms with Gasteiger partial charge in [-0.15, -0.1) is 0 Å². The zero-order chi connectivity index (χ0) is 20.8. The van der Waals surface area contributed by atoms with Crippen LogP contribution in [0.5, 0.6) is 5.75 Å². The van der Waals surface area contributed by atoms with Crippen LogP contribution in [0.1, 0.15) is 39.4 Å². The zero-order valence-electron chi connectivity index (χ0n) is 16.0. The average molecular weight is 411 g/mol. The predicted molar refractivity (Wildman–Crippen MR) is 113 cm³/mol. The Morgan fingerprint density at radius 1 is 1.17 bits per heavy atom. The van der Waals surface area contributed by atoms with Crippen molar-refractivity contribution in [2.24, 2.45) is 0 Å². The van der Waals surface area contributed by atoms with Gasteiger partial charge in [0.1, 0.15) is 10.6 Å². The fourth-order valence-corrected chi connectivity index (χ4v) is 3.22. The van der Waals surface area contributed by atoms with Crippen LogP contribution in [0.2, 0.25) is 0 Å². The Morgan fingerprint density at radius 2 is 1.93 bits per heavy atom. The number of carbonyl (C=O) groups is 2. The highest BCUT2D eigenvalue weighted by atomic mass is 32.1. The second kappa shape index (κ2) is 9.20. The van der Waals surface area contributed by atoms with Gasteiger partial charge in [-0.1, -0.05) is 41.7 Å². The first-order chi connectivity index (χ1) is 13.9. The summed E-state index contributed by atoms with van der Waals surface area (Å²) in [7, 11) is 0. The Labute approximate surface area is 172 Å². The van der Waals surface area contributed by atoms with Gasteiger partial charge in [0, 0.05) is 23.9 Å². The number of aromatic nitrogens is 1. The van der Waals surface area contributed by atoms with Gasteiger partial charge in [0.05, 0.1) is 12.3 Å². The van der Waals surface area contributed by atoms with E-state index in [1.807, 2.05) is 50.2 Å². The van der Waals surface area contributed by atoms with Crippen molar-refractivity contribution in [3.63, 3.8) is 0 Å².